The van der Waals surface area contributed by atoms with Crippen molar-refractivity contribution < 1.29 is 23.1 Å². The second-order valence-corrected chi connectivity index (χ2v) is 8.20. The van der Waals surface area contributed by atoms with Gasteiger partial charge in [-0.2, -0.15) is 4.39 Å². The molecule has 1 atom stereocenters. The summed E-state index contributed by atoms with van der Waals surface area (Å²) in [6.07, 6.45) is 2.84. The van der Waals surface area contributed by atoms with E-state index in [2.05, 4.69) is 24.1 Å². The molecule has 2 aromatic rings. The van der Waals surface area contributed by atoms with Gasteiger partial charge in [0.25, 0.3) is 11.9 Å². The average molecular weight is 431 g/mol. The number of piperidine rings is 1. The van der Waals surface area contributed by atoms with Crippen molar-refractivity contribution in [3.05, 3.63) is 59.9 Å². The number of nitrogens with one attached hydrogen (secondary N) is 1. The summed E-state index contributed by atoms with van der Waals surface area (Å²) in [5, 5.41) is 3.09. The second-order valence-electron chi connectivity index (χ2n) is 8.20. The van der Waals surface area contributed by atoms with Crippen molar-refractivity contribution in [3.8, 4) is 5.75 Å². The van der Waals surface area contributed by atoms with Crippen LogP contribution in [0.1, 0.15) is 43.5 Å². The smallest absolute Gasteiger partial charge is 0.405 e. The minimum absolute atomic E-state index is 0.0634. The summed E-state index contributed by atoms with van der Waals surface area (Å²) >= 11 is 0. The Morgan fingerprint density at radius 1 is 1.16 bits per heavy atom. The highest BCUT2D eigenvalue weighted by molar-refractivity contribution is 5.94. The minimum Gasteiger partial charge on any atom is -0.405 e. The number of carbonyl (C=O) groups is 2. The summed E-state index contributed by atoms with van der Waals surface area (Å²) in [4.78, 5) is 30.0. The second kappa shape index (κ2) is 10.3. The molecule has 1 fully saturated rings. The summed E-state index contributed by atoms with van der Waals surface area (Å²) in [6.45, 7) is 5.08. The molecule has 1 aromatic carbocycles. The molecule has 1 aliphatic rings. The molecular weight excluding hydrogens is 404 g/mol. The Morgan fingerprint density at radius 2 is 1.84 bits per heavy atom. The van der Waals surface area contributed by atoms with Crippen LogP contribution >= 0.6 is 0 Å². The number of amides is 2. The molecule has 2 heterocycles. The third-order valence-electron chi connectivity index (χ3n) is 5.44. The van der Waals surface area contributed by atoms with E-state index < -0.39 is 12.0 Å². The fraction of sp³-hybridized carbons (Fsp3) is 0.435. The molecule has 0 aliphatic carbocycles. The number of nitrogens with zero attached hydrogens (tertiary/aromatic N) is 2. The van der Waals surface area contributed by atoms with Crippen LogP contribution in [0.2, 0.25) is 0 Å². The molecule has 1 unspecified atom stereocenters. The van der Waals surface area contributed by atoms with Crippen LogP contribution < -0.4 is 10.1 Å². The zero-order valence-electron chi connectivity index (χ0n) is 17.7. The Hall–Kier alpha value is -3.03. The van der Waals surface area contributed by atoms with Crippen LogP contribution in [0.5, 0.6) is 5.75 Å². The lowest BCUT2D eigenvalue weighted by atomic mass is 9.85. The van der Waals surface area contributed by atoms with Crippen molar-refractivity contribution in [2.24, 2.45) is 11.8 Å². The molecule has 1 N–H and O–H groups in total. The first-order valence-corrected chi connectivity index (χ1v) is 10.5. The normalized spacial score (nSPS) is 15.6. The highest BCUT2D eigenvalue weighted by Crippen LogP contribution is 2.26. The molecule has 3 rings (SSSR count). The predicted molar refractivity (Wildman–Crippen MR) is 112 cm³/mol. The number of carbonyl (C=O) groups excluding carboxylic acids is 2. The van der Waals surface area contributed by atoms with E-state index in [1.165, 1.54) is 47.5 Å². The summed E-state index contributed by atoms with van der Waals surface area (Å²) in [5.74, 6) is -1.09. The van der Waals surface area contributed by atoms with E-state index >= 15 is 0 Å². The monoisotopic (exact) mass is 431 g/mol. The zero-order chi connectivity index (χ0) is 22.4. The number of halogens is 2. The number of ether oxygens (including phenoxy) is 1. The number of hydrogen-bond acceptors (Lipinski definition) is 4. The van der Waals surface area contributed by atoms with E-state index in [1.807, 2.05) is 0 Å². The number of benzene rings is 1. The summed E-state index contributed by atoms with van der Waals surface area (Å²) in [6, 6.07) is 8.25. The van der Waals surface area contributed by atoms with E-state index in [4.69, 9.17) is 4.74 Å². The van der Waals surface area contributed by atoms with Crippen molar-refractivity contribution >= 4 is 12.0 Å². The van der Waals surface area contributed by atoms with Crippen molar-refractivity contribution in [1.82, 2.24) is 15.2 Å². The van der Waals surface area contributed by atoms with Gasteiger partial charge in [0.2, 0.25) is 0 Å². The molecular formula is C23H27F2N3O3. The number of aromatic nitrogens is 1. The van der Waals surface area contributed by atoms with Crippen molar-refractivity contribution in [2.75, 3.05) is 13.1 Å². The third kappa shape index (κ3) is 6.23. The molecule has 8 heteroatoms. The van der Waals surface area contributed by atoms with Crippen LogP contribution in [0.4, 0.5) is 13.6 Å². The number of rotatable bonds is 6. The first kappa shape index (κ1) is 22.7. The highest BCUT2D eigenvalue weighted by atomic mass is 19.1. The maximum absolute atomic E-state index is 13.6. The van der Waals surface area contributed by atoms with E-state index in [9.17, 15) is 18.4 Å². The van der Waals surface area contributed by atoms with E-state index in [0.717, 1.165) is 6.42 Å². The van der Waals surface area contributed by atoms with Crippen molar-refractivity contribution in [2.45, 2.75) is 39.2 Å². The maximum Gasteiger partial charge on any atom is 0.415 e. The fourth-order valence-corrected chi connectivity index (χ4v) is 3.82. The van der Waals surface area contributed by atoms with Gasteiger partial charge in [-0.25, -0.2) is 14.2 Å². The van der Waals surface area contributed by atoms with Crippen LogP contribution in [-0.2, 0) is 0 Å². The van der Waals surface area contributed by atoms with Crippen molar-refractivity contribution in [3.63, 3.8) is 0 Å². The summed E-state index contributed by atoms with van der Waals surface area (Å²) in [7, 11) is 0. The molecule has 0 bridgehead atoms. The summed E-state index contributed by atoms with van der Waals surface area (Å²) < 4.78 is 31.9. The van der Waals surface area contributed by atoms with E-state index in [-0.39, 0.29) is 29.4 Å². The number of likely N-dealkylation sites (tertiary alicyclic amines) is 1. The Morgan fingerprint density at radius 3 is 2.45 bits per heavy atom. The van der Waals surface area contributed by atoms with Gasteiger partial charge in [-0.15, -0.1) is 0 Å². The van der Waals surface area contributed by atoms with Gasteiger partial charge in [-0.1, -0.05) is 13.8 Å². The first-order chi connectivity index (χ1) is 14.8. The van der Waals surface area contributed by atoms with E-state index in [1.54, 1.807) is 0 Å². The molecule has 0 saturated carbocycles. The third-order valence-corrected chi connectivity index (χ3v) is 5.44. The van der Waals surface area contributed by atoms with Crippen LogP contribution in [-0.4, -0.2) is 41.0 Å². The van der Waals surface area contributed by atoms with Gasteiger partial charge in [-0.05, 0) is 67.5 Å². The van der Waals surface area contributed by atoms with Gasteiger partial charge in [0, 0.05) is 30.9 Å². The number of pyridine rings is 1. The number of hydrogen-bond donors (Lipinski definition) is 1. The van der Waals surface area contributed by atoms with Gasteiger partial charge in [0.1, 0.15) is 5.82 Å². The minimum atomic E-state index is -0.828. The first-order valence-electron chi connectivity index (χ1n) is 10.5. The quantitative estimate of drug-likeness (QED) is 0.688. The Labute approximate surface area is 180 Å². The molecule has 1 saturated heterocycles. The lowest BCUT2D eigenvalue weighted by molar-refractivity contribution is 0.0870. The van der Waals surface area contributed by atoms with Crippen LogP contribution in [0.15, 0.2) is 42.6 Å². The molecule has 1 aromatic heterocycles. The van der Waals surface area contributed by atoms with Crippen LogP contribution in [0, 0.1) is 23.6 Å². The molecule has 0 radical (unpaired) electrons. The van der Waals surface area contributed by atoms with Gasteiger partial charge in [0.05, 0.1) is 0 Å². The molecule has 6 nitrogen and oxygen atoms in total. The Bertz CT molecular complexity index is 897. The lowest BCUT2D eigenvalue weighted by Crippen LogP contribution is -2.47. The molecule has 31 heavy (non-hydrogen) atoms. The molecule has 2 amide bonds. The van der Waals surface area contributed by atoms with Gasteiger partial charge < -0.3 is 15.0 Å². The molecule has 1 aliphatic heterocycles. The SMILES string of the molecule is CC(C)CC(NC(=O)c1ccc(F)cc1)C1CCN(C(=O)Oc2cccnc2F)CC1. The highest BCUT2D eigenvalue weighted by Gasteiger charge is 2.31. The van der Waals surface area contributed by atoms with Crippen molar-refractivity contribution in [1.29, 1.82) is 0 Å². The zero-order valence-corrected chi connectivity index (χ0v) is 17.7. The van der Waals surface area contributed by atoms with E-state index in [0.29, 0.717) is 37.4 Å². The average Bonchev–Trinajstić information content (AvgIpc) is 2.75. The molecule has 166 valence electrons. The van der Waals surface area contributed by atoms with Gasteiger partial charge in [0.15, 0.2) is 5.75 Å². The largest absolute Gasteiger partial charge is 0.415 e. The van der Waals surface area contributed by atoms with Crippen LogP contribution in [0.25, 0.3) is 0 Å². The van der Waals surface area contributed by atoms with Crippen LogP contribution in [0.3, 0.4) is 0 Å². The maximum atomic E-state index is 13.6. The predicted octanol–water partition coefficient (Wildman–Crippen LogP) is 4.42. The molecule has 0 spiro atoms. The Kier molecular flexibility index (Phi) is 7.55. The van der Waals surface area contributed by atoms with Gasteiger partial charge >= 0.3 is 6.09 Å². The van der Waals surface area contributed by atoms with Gasteiger partial charge in [-0.3, -0.25) is 4.79 Å². The topological polar surface area (TPSA) is 71.5 Å². The lowest BCUT2D eigenvalue weighted by Gasteiger charge is -2.36. The summed E-state index contributed by atoms with van der Waals surface area (Å²) in [5.41, 5.74) is 0.412. The fourth-order valence-electron chi connectivity index (χ4n) is 3.82. The standard InChI is InChI=1S/C23H27F2N3O3/c1-15(2)14-19(27-22(29)17-5-7-18(24)8-6-17)16-9-12-28(13-10-16)23(30)31-20-4-3-11-26-21(20)25/h3-8,11,15-16,19H,9-10,12-14H2,1-2H3,(H,27,29). The Balaban J connectivity index is 1.58.